The van der Waals surface area contributed by atoms with Gasteiger partial charge in [-0.15, -0.1) is 11.3 Å². The van der Waals surface area contributed by atoms with Gasteiger partial charge in [0.05, 0.1) is 19.1 Å². The molecule has 0 radical (unpaired) electrons. The highest BCUT2D eigenvalue weighted by Crippen LogP contribution is 2.27. The van der Waals surface area contributed by atoms with Crippen LogP contribution in [0.1, 0.15) is 51.3 Å². The number of carbonyl (C=O) groups excluding carboxylic acids is 3. The van der Waals surface area contributed by atoms with E-state index in [-0.39, 0.29) is 37.0 Å². The summed E-state index contributed by atoms with van der Waals surface area (Å²) in [4.78, 5) is 38.7. The van der Waals surface area contributed by atoms with Gasteiger partial charge in [0.1, 0.15) is 0 Å². The van der Waals surface area contributed by atoms with Gasteiger partial charge in [-0.2, -0.15) is 0 Å². The fourth-order valence-electron chi connectivity index (χ4n) is 3.71. The number of nitrogens with one attached hydrogen (secondary N) is 2. The smallest absolute Gasteiger partial charge is 0.324 e. The molecule has 1 unspecified atom stereocenters. The lowest BCUT2D eigenvalue weighted by molar-refractivity contribution is -0.125. The lowest BCUT2D eigenvalue weighted by Gasteiger charge is -2.19. The number of imide groups is 1. The lowest BCUT2D eigenvalue weighted by atomic mass is 10.0. The van der Waals surface area contributed by atoms with E-state index in [4.69, 9.17) is 0 Å². The average molecular weight is 448 g/mol. The summed E-state index contributed by atoms with van der Waals surface area (Å²) in [5.74, 6) is -0.428. The Morgan fingerprint density at radius 2 is 1.78 bits per heavy atom. The van der Waals surface area contributed by atoms with E-state index < -0.39 is 0 Å². The summed E-state index contributed by atoms with van der Waals surface area (Å²) in [7, 11) is 0. The highest BCUT2D eigenvalue weighted by Gasteiger charge is 2.28. The number of thiophene rings is 1. The minimum absolute atomic E-state index is 0.0306. The van der Waals surface area contributed by atoms with Crippen molar-refractivity contribution in [2.75, 3.05) is 6.54 Å². The maximum Gasteiger partial charge on any atom is 0.324 e. The summed E-state index contributed by atoms with van der Waals surface area (Å²) in [6.45, 7) is 2.38. The maximum absolute atomic E-state index is 13.0. The van der Waals surface area contributed by atoms with Gasteiger partial charge in [0.15, 0.2) is 0 Å². The number of hydrogen-bond donors (Lipinski definition) is 2. The maximum atomic E-state index is 13.0. The number of nitrogens with zero attached hydrogens (tertiary/aromatic N) is 1. The zero-order valence-electron chi connectivity index (χ0n) is 17.8. The van der Waals surface area contributed by atoms with Crippen LogP contribution in [0.25, 0.3) is 0 Å². The van der Waals surface area contributed by atoms with Crippen LogP contribution < -0.4 is 10.6 Å². The quantitative estimate of drug-likeness (QED) is 0.506. The Balaban J connectivity index is 1.48. The third kappa shape index (κ3) is 4.89. The fourth-order valence-corrected chi connectivity index (χ4v) is 4.52. The van der Waals surface area contributed by atoms with Gasteiger partial charge >= 0.3 is 6.03 Å². The summed E-state index contributed by atoms with van der Waals surface area (Å²) in [5, 5.41) is 7.66. The molecule has 2 N–H and O–H groups in total. The number of rotatable bonds is 8. The van der Waals surface area contributed by atoms with E-state index in [1.807, 2.05) is 17.5 Å². The van der Waals surface area contributed by atoms with Crippen molar-refractivity contribution in [1.29, 1.82) is 0 Å². The van der Waals surface area contributed by atoms with Gasteiger partial charge < -0.3 is 10.6 Å². The van der Waals surface area contributed by atoms with Crippen molar-refractivity contribution < 1.29 is 14.4 Å². The molecule has 1 fully saturated rings. The van der Waals surface area contributed by atoms with Crippen molar-refractivity contribution in [2.24, 2.45) is 0 Å². The van der Waals surface area contributed by atoms with Gasteiger partial charge in [-0.05, 0) is 46.7 Å². The first-order chi connectivity index (χ1) is 15.5. The van der Waals surface area contributed by atoms with Crippen molar-refractivity contribution in [3.63, 3.8) is 0 Å². The van der Waals surface area contributed by atoms with Crippen molar-refractivity contribution >= 4 is 29.2 Å². The standard InChI is InChI=1S/C25H25N3O3S/c1-2-4-17-6-10-19(11-7-17)23(21-5-3-14-32-21)27-24(30)20-12-8-18(9-13-20)16-28-22(29)15-26-25(28)31/h3,5-14,23H,2,4,15-16H2,1H3,(H,26,31)(H,27,30). The molecule has 6 nitrogen and oxygen atoms in total. The molecule has 2 aromatic carbocycles. The van der Waals surface area contributed by atoms with Crippen molar-refractivity contribution in [1.82, 2.24) is 15.5 Å². The van der Waals surface area contributed by atoms with Crippen molar-refractivity contribution in [3.8, 4) is 0 Å². The second kappa shape index (κ2) is 9.78. The van der Waals surface area contributed by atoms with E-state index in [9.17, 15) is 14.4 Å². The Morgan fingerprint density at radius 1 is 1.06 bits per heavy atom. The van der Waals surface area contributed by atoms with Crippen molar-refractivity contribution in [3.05, 3.63) is 93.2 Å². The molecule has 32 heavy (non-hydrogen) atoms. The minimum Gasteiger partial charge on any atom is -0.340 e. The fraction of sp³-hybridized carbons (Fsp3) is 0.240. The van der Waals surface area contributed by atoms with Gasteiger partial charge in [0, 0.05) is 10.4 Å². The molecule has 0 bridgehead atoms. The zero-order valence-corrected chi connectivity index (χ0v) is 18.7. The van der Waals surface area contributed by atoms with Crippen LogP contribution in [0, 0.1) is 0 Å². The molecule has 4 amide bonds. The summed E-state index contributed by atoms with van der Waals surface area (Å²) in [5.41, 5.74) is 3.63. The third-order valence-corrected chi connectivity index (χ3v) is 6.39. The molecule has 4 rings (SSSR count). The van der Waals surface area contributed by atoms with Gasteiger partial charge in [-0.25, -0.2) is 4.79 Å². The Kier molecular flexibility index (Phi) is 6.66. The first kappa shape index (κ1) is 21.8. The predicted molar refractivity (Wildman–Crippen MR) is 124 cm³/mol. The molecule has 1 atom stereocenters. The second-order valence-electron chi connectivity index (χ2n) is 7.75. The Hall–Kier alpha value is -3.45. The van der Waals surface area contributed by atoms with Crippen LogP contribution in [0.15, 0.2) is 66.0 Å². The molecule has 1 aromatic heterocycles. The topological polar surface area (TPSA) is 78.5 Å². The summed E-state index contributed by atoms with van der Waals surface area (Å²) in [6, 6.07) is 18.8. The molecule has 0 saturated carbocycles. The summed E-state index contributed by atoms with van der Waals surface area (Å²) >= 11 is 1.61. The van der Waals surface area contributed by atoms with Crippen LogP contribution in [0.3, 0.4) is 0 Å². The minimum atomic E-state index is -0.388. The van der Waals surface area contributed by atoms with Gasteiger partial charge in [-0.3, -0.25) is 14.5 Å². The number of hydrogen-bond acceptors (Lipinski definition) is 4. The molecule has 1 saturated heterocycles. The highest BCUT2D eigenvalue weighted by molar-refractivity contribution is 7.10. The SMILES string of the molecule is CCCc1ccc(C(NC(=O)c2ccc(CN3C(=O)CNC3=O)cc2)c2cccs2)cc1. The number of urea groups is 1. The van der Waals surface area contributed by atoms with E-state index >= 15 is 0 Å². The molecule has 3 aromatic rings. The van der Waals surface area contributed by atoms with Crippen LogP contribution in [-0.2, 0) is 17.8 Å². The van der Waals surface area contributed by atoms with Crippen LogP contribution in [0.2, 0.25) is 0 Å². The monoisotopic (exact) mass is 447 g/mol. The zero-order chi connectivity index (χ0) is 22.5. The molecule has 164 valence electrons. The predicted octanol–water partition coefficient (Wildman–Crippen LogP) is 4.27. The number of amides is 4. The van der Waals surface area contributed by atoms with Crippen LogP contribution in [0.5, 0.6) is 0 Å². The number of benzene rings is 2. The largest absolute Gasteiger partial charge is 0.340 e. The second-order valence-corrected chi connectivity index (χ2v) is 8.73. The third-order valence-electron chi connectivity index (χ3n) is 5.45. The van der Waals surface area contributed by atoms with Crippen LogP contribution >= 0.6 is 11.3 Å². The van der Waals surface area contributed by atoms with Crippen molar-refractivity contribution in [2.45, 2.75) is 32.4 Å². The van der Waals surface area contributed by atoms with Gasteiger partial charge in [0.2, 0.25) is 5.91 Å². The molecule has 0 aliphatic carbocycles. The van der Waals surface area contributed by atoms with E-state index in [2.05, 4.69) is 41.8 Å². The molecule has 7 heteroatoms. The normalized spacial score (nSPS) is 14.3. The molecule has 1 aliphatic heterocycles. The van der Waals surface area contributed by atoms with E-state index in [1.54, 1.807) is 35.6 Å². The van der Waals surface area contributed by atoms with E-state index in [1.165, 1.54) is 10.5 Å². The Bertz CT molecular complexity index is 1080. The van der Waals surface area contributed by atoms with E-state index in [0.717, 1.165) is 28.8 Å². The van der Waals surface area contributed by atoms with Crippen LogP contribution in [0.4, 0.5) is 4.79 Å². The average Bonchev–Trinajstić information content (AvgIpc) is 3.45. The summed E-state index contributed by atoms with van der Waals surface area (Å²) < 4.78 is 0. The van der Waals surface area contributed by atoms with E-state index in [0.29, 0.717) is 5.56 Å². The lowest BCUT2D eigenvalue weighted by Crippen LogP contribution is -2.30. The number of carbonyl (C=O) groups is 3. The molecule has 0 spiro atoms. The van der Waals surface area contributed by atoms with Gasteiger partial charge in [-0.1, -0.05) is 55.8 Å². The number of aryl methyl sites for hydroxylation is 1. The Labute approximate surface area is 191 Å². The Morgan fingerprint density at radius 3 is 2.38 bits per heavy atom. The van der Waals surface area contributed by atoms with Gasteiger partial charge in [0.25, 0.3) is 5.91 Å². The molecular formula is C25H25N3O3S. The first-order valence-corrected chi connectivity index (χ1v) is 11.5. The highest BCUT2D eigenvalue weighted by atomic mass is 32.1. The molecular weight excluding hydrogens is 422 g/mol. The first-order valence-electron chi connectivity index (χ1n) is 10.7. The molecule has 2 heterocycles. The summed E-state index contributed by atoms with van der Waals surface area (Å²) in [6.07, 6.45) is 2.13. The molecule has 1 aliphatic rings. The van der Waals surface area contributed by atoms with Crippen LogP contribution in [-0.4, -0.2) is 29.3 Å².